The average molecular weight is 332 g/mol. The standard InChI is InChI=1S/C14H10BrN3S/c15-11-3-1-9(2-4-11)12-8-19-14(18-12)10-5-6-17-13(16)7-10/h1-8H,(H2,16,17). The van der Waals surface area contributed by atoms with Gasteiger partial charge in [0.25, 0.3) is 0 Å². The number of anilines is 1. The SMILES string of the molecule is Nc1cc(-c2nc(-c3ccc(Br)cc3)cs2)ccn1. The van der Waals surface area contributed by atoms with Crippen molar-refractivity contribution in [3.63, 3.8) is 0 Å². The van der Waals surface area contributed by atoms with Crippen molar-refractivity contribution in [1.82, 2.24) is 9.97 Å². The van der Waals surface area contributed by atoms with Crippen molar-refractivity contribution in [2.75, 3.05) is 5.73 Å². The Morgan fingerprint density at radius 2 is 1.84 bits per heavy atom. The van der Waals surface area contributed by atoms with Crippen LogP contribution in [0.3, 0.4) is 0 Å². The van der Waals surface area contributed by atoms with Crippen LogP contribution in [0, 0.1) is 0 Å². The minimum atomic E-state index is 0.512. The van der Waals surface area contributed by atoms with Crippen molar-refractivity contribution in [3.8, 4) is 21.8 Å². The van der Waals surface area contributed by atoms with Gasteiger partial charge in [0.15, 0.2) is 0 Å². The van der Waals surface area contributed by atoms with Gasteiger partial charge in [-0.3, -0.25) is 0 Å². The molecule has 94 valence electrons. The Morgan fingerprint density at radius 1 is 1.05 bits per heavy atom. The van der Waals surface area contributed by atoms with Crippen LogP contribution in [0.25, 0.3) is 21.8 Å². The van der Waals surface area contributed by atoms with Crippen LogP contribution < -0.4 is 5.73 Å². The number of thiazole rings is 1. The third kappa shape index (κ3) is 2.67. The van der Waals surface area contributed by atoms with Crippen LogP contribution in [-0.2, 0) is 0 Å². The molecule has 0 radical (unpaired) electrons. The molecule has 3 aromatic rings. The molecule has 0 saturated carbocycles. The zero-order valence-electron chi connectivity index (χ0n) is 9.88. The Balaban J connectivity index is 1.97. The number of pyridine rings is 1. The van der Waals surface area contributed by atoms with Gasteiger partial charge in [-0.15, -0.1) is 11.3 Å². The lowest BCUT2D eigenvalue weighted by Crippen LogP contribution is -1.89. The molecule has 0 atom stereocenters. The predicted octanol–water partition coefficient (Wildman–Crippen LogP) is 4.22. The summed E-state index contributed by atoms with van der Waals surface area (Å²) in [7, 11) is 0. The number of benzene rings is 1. The fourth-order valence-electron chi connectivity index (χ4n) is 1.74. The molecule has 2 N–H and O–H groups in total. The molecule has 0 unspecified atom stereocenters. The van der Waals surface area contributed by atoms with Gasteiger partial charge in [-0.1, -0.05) is 28.1 Å². The Hall–Kier alpha value is -1.72. The van der Waals surface area contributed by atoms with Gasteiger partial charge in [-0.25, -0.2) is 9.97 Å². The Labute approximate surface area is 123 Å². The van der Waals surface area contributed by atoms with E-state index in [1.807, 2.05) is 36.4 Å². The van der Waals surface area contributed by atoms with Crippen LogP contribution in [0.5, 0.6) is 0 Å². The number of halogens is 1. The highest BCUT2D eigenvalue weighted by Gasteiger charge is 2.07. The molecular weight excluding hydrogens is 322 g/mol. The van der Waals surface area contributed by atoms with E-state index in [4.69, 9.17) is 5.73 Å². The molecule has 0 aliphatic carbocycles. The van der Waals surface area contributed by atoms with Gasteiger partial charge in [-0.05, 0) is 24.3 Å². The van der Waals surface area contributed by atoms with E-state index < -0.39 is 0 Å². The van der Waals surface area contributed by atoms with Crippen molar-refractivity contribution in [1.29, 1.82) is 0 Å². The Kier molecular flexibility index (Phi) is 3.31. The smallest absolute Gasteiger partial charge is 0.124 e. The molecule has 0 amide bonds. The number of rotatable bonds is 2. The summed E-state index contributed by atoms with van der Waals surface area (Å²) in [6, 6.07) is 11.9. The summed E-state index contributed by atoms with van der Waals surface area (Å²) in [5, 5.41) is 3.00. The number of nitrogens with two attached hydrogens (primary N) is 1. The van der Waals surface area contributed by atoms with Gasteiger partial charge in [0.2, 0.25) is 0 Å². The minimum Gasteiger partial charge on any atom is -0.384 e. The lowest BCUT2D eigenvalue weighted by molar-refractivity contribution is 1.32. The molecule has 1 aromatic carbocycles. The molecule has 0 aliphatic heterocycles. The highest BCUT2D eigenvalue weighted by atomic mass is 79.9. The van der Waals surface area contributed by atoms with E-state index in [2.05, 4.69) is 31.3 Å². The van der Waals surface area contributed by atoms with E-state index in [9.17, 15) is 0 Å². The second-order valence-corrected chi connectivity index (χ2v) is 5.79. The Bertz CT molecular complexity index is 707. The zero-order chi connectivity index (χ0) is 13.2. The molecule has 0 fully saturated rings. The molecule has 0 saturated heterocycles. The highest BCUT2D eigenvalue weighted by Crippen LogP contribution is 2.29. The summed E-state index contributed by atoms with van der Waals surface area (Å²) in [6.07, 6.45) is 1.70. The topological polar surface area (TPSA) is 51.8 Å². The molecule has 3 rings (SSSR count). The third-order valence-electron chi connectivity index (χ3n) is 2.67. The van der Waals surface area contributed by atoms with Crippen LogP contribution >= 0.6 is 27.3 Å². The number of hydrogen-bond acceptors (Lipinski definition) is 4. The summed E-state index contributed by atoms with van der Waals surface area (Å²) >= 11 is 5.03. The van der Waals surface area contributed by atoms with Crippen LogP contribution in [-0.4, -0.2) is 9.97 Å². The summed E-state index contributed by atoms with van der Waals surface area (Å²) in [5.74, 6) is 0.512. The normalized spacial score (nSPS) is 10.6. The summed E-state index contributed by atoms with van der Waals surface area (Å²) in [6.45, 7) is 0. The van der Waals surface area contributed by atoms with E-state index in [-0.39, 0.29) is 0 Å². The first-order valence-corrected chi connectivity index (χ1v) is 7.33. The molecule has 19 heavy (non-hydrogen) atoms. The third-order valence-corrected chi connectivity index (χ3v) is 4.09. The molecule has 2 aromatic heterocycles. The Morgan fingerprint density at radius 3 is 2.58 bits per heavy atom. The number of aromatic nitrogens is 2. The molecule has 0 bridgehead atoms. The van der Waals surface area contributed by atoms with Crippen molar-refractivity contribution < 1.29 is 0 Å². The summed E-state index contributed by atoms with van der Waals surface area (Å²) in [4.78, 5) is 8.63. The molecular formula is C14H10BrN3S. The number of hydrogen-bond donors (Lipinski definition) is 1. The molecule has 0 aliphatic rings. The van der Waals surface area contributed by atoms with Crippen LogP contribution in [0.2, 0.25) is 0 Å². The first kappa shape index (κ1) is 12.3. The van der Waals surface area contributed by atoms with E-state index >= 15 is 0 Å². The molecule has 0 spiro atoms. The average Bonchev–Trinajstić information content (AvgIpc) is 2.89. The fraction of sp³-hybridized carbons (Fsp3) is 0. The second kappa shape index (κ2) is 5.11. The van der Waals surface area contributed by atoms with Crippen LogP contribution in [0.15, 0.2) is 52.4 Å². The van der Waals surface area contributed by atoms with Crippen molar-refractivity contribution in [2.45, 2.75) is 0 Å². The number of nitrogens with zero attached hydrogens (tertiary/aromatic N) is 2. The maximum absolute atomic E-state index is 5.69. The van der Waals surface area contributed by atoms with E-state index in [1.54, 1.807) is 17.5 Å². The van der Waals surface area contributed by atoms with E-state index in [1.165, 1.54) is 0 Å². The van der Waals surface area contributed by atoms with Gasteiger partial charge in [-0.2, -0.15) is 0 Å². The fourth-order valence-corrected chi connectivity index (χ4v) is 2.83. The first-order valence-electron chi connectivity index (χ1n) is 5.66. The van der Waals surface area contributed by atoms with Gasteiger partial charge in [0, 0.05) is 27.2 Å². The molecule has 2 heterocycles. The van der Waals surface area contributed by atoms with Crippen LogP contribution in [0.1, 0.15) is 0 Å². The summed E-state index contributed by atoms with van der Waals surface area (Å²) in [5.41, 5.74) is 8.77. The summed E-state index contributed by atoms with van der Waals surface area (Å²) < 4.78 is 1.06. The van der Waals surface area contributed by atoms with Gasteiger partial charge in [0.1, 0.15) is 10.8 Å². The van der Waals surface area contributed by atoms with Crippen molar-refractivity contribution >= 4 is 33.1 Å². The van der Waals surface area contributed by atoms with Gasteiger partial charge >= 0.3 is 0 Å². The predicted molar refractivity (Wildman–Crippen MR) is 82.9 cm³/mol. The minimum absolute atomic E-state index is 0.512. The van der Waals surface area contributed by atoms with Gasteiger partial charge < -0.3 is 5.73 Å². The largest absolute Gasteiger partial charge is 0.384 e. The quantitative estimate of drug-likeness (QED) is 0.764. The van der Waals surface area contributed by atoms with Crippen molar-refractivity contribution in [2.24, 2.45) is 0 Å². The lowest BCUT2D eigenvalue weighted by atomic mass is 10.2. The second-order valence-electron chi connectivity index (χ2n) is 4.01. The van der Waals surface area contributed by atoms with E-state index in [0.717, 1.165) is 26.3 Å². The van der Waals surface area contributed by atoms with Crippen LogP contribution in [0.4, 0.5) is 5.82 Å². The van der Waals surface area contributed by atoms with E-state index in [0.29, 0.717) is 5.82 Å². The van der Waals surface area contributed by atoms with Crippen molar-refractivity contribution in [3.05, 3.63) is 52.4 Å². The monoisotopic (exact) mass is 331 g/mol. The zero-order valence-corrected chi connectivity index (χ0v) is 12.3. The first-order chi connectivity index (χ1) is 9.22. The molecule has 5 heteroatoms. The maximum atomic E-state index is 5.69. The van der Waals surface area contributed by atoms with Gasteiger partial charge in [0.05, 0.1) is 5.69 Å². The maximum Gasteiger partial charge on any atom is 0.124 e. The lowest BCUT2D eigenvalue weighted by Gasteiger charge is -1.98. The number of nitrogen functional groups attached to an aromatic ring is 1. The highest BCUT2D eigenvalue weighted by molar-refractivity contribution is 9.10. The molecule has 3 nitrogen and oxygen atoms in total.